The number of rotatable bonds is 1. The number of hydrogen-bond acceptors (Lipinski definition) is 2. The fraction of sp³-hybridized carbons (Fsp3) is 0.500. The van der Waals surface area contributed by atoms with E-state index in [4.69, 9.17) is 10.5 Å². The Morgan fingerprint density at radius 2 is 2.15 bits per heavy atom. The first-order valence-corrected chi connectivity index (χ1v) is 4.29. The highest BCUT2D eigenvalue weighted by atomic mass is 16.5. The van der Waals surface area contributed by atoms with Crippen molar-refractivity contribution in [3.05, 3.63) is 23.8 Å². The highest BCUT2D eigenvalue weighted by Gasteiger charge is 2.15. The van der Waals surface area contributed by atoms with E-state index in [0.29, 0.717) is 5.84 Å². The molecule has 0 bridgehead atoms. The fourth-order valence-corrected chi connectivity index (χ4v) is 0.699. The molecule has 0 fully saturated rings. The molecule has 0 atom stereocenters. The van der Waals surface area contributed by atoms with Gasteiger partial charge in [0.1, 0.15) is 5.84 Å². The standard InChI is InChI=1S/C10H16N2O/c1-7-6-13-8(7)5-12-9(11)10(2,3)4/h5-6H,1-4H3,(H2,11,12)/b8-5-. The van der Waals surface area contributed by atoms with Crippen LogP contribution in [0.5, 0.6) is 0 Å². The maximum Gasteiger partial charge on any atom is 0.150 e. The van der Waals surface area contributed by atoms with Gasteiger partial charge in [-0.05, 0) is 6.92 Å². The van der Waals surface area contributed by atoms with Crippen LogP contribution >= 0.6 is 0 Å². The van der Waals surface area contributed by atoms with E-state index in [1.165, 1.54) is 0 Å². The first-order valence-electron chi connectivity index (χ1n) is 4.29. The third-order valence-corrected chi connectivity index (χ3v) is 1.84. The van der Waals surface area contributed by atoms with E-state index in [-0.39, 0.29) is 5.41 Å². The van der Waals surface area contributed by atoms with Crippen molar-refractivity contribution in [3.8, 4) is 0 Å². The molecule has 72 valence electrons. The van der Waals surface area contributed by atoms with Gasteiger partial charge in [0, 0.05) is 11.0 Å². The average molecular weight is 180 g/mol. The van der Waals surface area contributed by atoms with Crippen molar-refractivity contribution in [1.82, 2.24) is 0 Å². The van der Waals surface area contributed by atoms with Crippen LogP contribution in [0.1, 0.15) is 27.7 Å². The topological polar surface area (TPSA) is 47.6 Å². The molecule has 0 saturated heterocycles. The summed E-state index contributed by atoms with van der Waals surface area (Å²) in [4.78, 5) is 4.13. The summed E-state index contributed by atoms with van der Waals surface area (Å²) < 4.78 is 5.04. The summed E-state index contributed by atoms with van der Waals surface area (Å²) in [7, 11) is 0. The first kappa shape index (κ1) is 9.84. The molecule has 0 spiro atoms. The summed E-state index contributed by atoms with van der Waals surface area (Å²) in [5, 5.41) is 0. The second kappa shape index (κ2) is 3.24. The molecule has 1 heterocycles. The summed E-state index contributed by atoms with van der Waals surface area (Å²) in [6, 6.07) is 0. The SMILES string of the molecule is CC1=CO/C1=C\N=C(/N)C(C)(C)C. The number of hydrogen-bond donors (Lipinski definition) is 1. The van der Waals surface area contributed by atoms with Gasteiger partial charge >= 0.3 is 0 Å². The van der Waals surface area contributed by atoms with Crippen LogP contribution in [0.3, 0.4) is 0 Å². The van der Waals surface area contributed by atoms with Crippen LogP contribution in [0.15, 0.2) is 28.8 Å². The molecule has 0 aromatic carbocycles. The molecule has 0 radical (unpaired) electrons. The van der Waals surface area contributed by atoms with Crippen molar-refractivity contribution in [2.24, 2.45) is 16.1 Å². The highest BCUT2D eigenvalue weighted by Crippen LogP contribution is 2.22. The van der Waals surface area contributed by atoms with Gasteiger partial charge in [0.25, 0.3) is 0 Å². The summed E-state index contributed by atoms with van der Waals surface area (Å²) in [5.41, 5.74) is 6.77. The second-order valence-corrected chi connectivity index (χ2v) is 4.18. The maximum atomic E-state index is 5.75. The molecule has 0 unspecified atom stereocenters. The lowest BCUT2D eigenvalue weighted by Crippen LogP contribution is -2.28. The molecule has 0 saturated carbocycles. The van der Waals surface area contributed by atoms with Crippen molar-refractivity contribution >= 4 is 5.84 Å². The normalized spacial score (nSPS) is 20.8. The van der Waals surface area contributed by atoms with Gasteiger partial charge in [-0.25, -0.2) is 4.99 Å². The lowest BCUT2D eigenvalue weighted by molar-refractivity contribution is 0.308. The van der Waals surface area contributed by atoms with Gasteiger partial charge in [-0.15, -0.1) is 0 Å². The smallest absolute Gasteiger partial charge is 0.150 e. The molecule has 0 aromatic rings. The lowest BCUT2D eigenvalue weighted by atomic mass is 9.95. The van der Waals surface area contributed by atoms with Crippen molar-refractivity contribution in [2.45, 2.75) is 27.7 Å². The molecular weight excluding hydrogens is 164 g/mol. The van der Waals surface area contributed by atoms with Crippen LogP contribution in [0.4, 0.5) is 0 Å². The largest absolute Gasteiger partial charge is 0.463 e. The van der Waals surface area contributed by atoms with Gasteiger partial charge in [-0.2, -0.15) is 0 Å². The molecule has 1 rings (SSSR count). The van der Waals surface area contributed by atoms with Crippen molar-refractivity contribution in [3.63, 3.8) is 0 Å². The van der Waals surface area contributed by atoms with Gasteiger partial charge in [0.05, 0.1) is 12.5 Å². The third-order valence-electron chi connectivity index (χ3n) is 1.84. The number of ether oxygens (including phenoxy) is 1. The maximum absolute atomic E-state index is 5.75. The molecule has 3 heteroatoms. The van der Waals surface area contributed by atoms with E-state index in [9.17, 15) is 0 Å². The predicted molar refractivity (Wildman–Crippen MR) is 54.0 cm³/mol. The molecule has 2 N–H and O–H groups in total. The third kappa shape index (κ3) is 2.34. The Bertz CT molecular complexity index is 293. The van der Waals surface area contributed by atoms with Crippen LogP contribution in [-0.4, -0.2) is 5.84 Å². The van der Waals surface area contributed by atoms with E-state index in [1.54, 1.807) is 12.5 Å². The van der Waals surface area contributed by atoms with E-state index in [2.05, 4.69) is 4.99 Å². The minimum atomic E-state index is -0.0849. The molecular formula is C10H16N2O. The van der Waals surface area contributed by atoms with Gasteiger partial charge < -0.3 is 10.5 Å². The fourth-order valence-electron chi connectivity index (χ4n) is 0.699. The summed E-state index contributed by atoms with van der Waals surface area (Å²) in [5.74, 6) is 1.41. The van der Waals surface area contributed by atoms with Crippen molar-refractivity contribution < 1.29 is 4.74 Å². The Labute approximate surface area is 79.0 Å². The zero-order valence-corrected chi connectivity index (χ0v) is 8.59. The van der Waals surface area contributed by atoms with E-state index >= 15 is 0 Å². The van der Waals surface area contributed by atoms with Crippen LogP contribution in [0, 0.1) is 5.41 Å². The summed E-state index contributed by atoms with van der Waals surface area (Å²) >= 11 is 0. The summed E-state index contributed by atoms with van der Waals surface area (Å²) in [6.45, 7) is 8.04. The molecule has 13 heavy (non-hydrogen) atoms. The van der Waals surface area contributed by atoms with E-state index < -0.39 is 0 Å². The monoisotopic (exact) mass is 180 g/mol. The minimum absolute atomic E-state index is 0.0849. The van der Waals surface area contributed by atoms with Gasteiger partial charge in [0.2, 0.25) is 0 Å². The molecule has 0 aromatic heterocycles. The number of aliphatic imine (C=N–C) groups is 1. The quantitative estimate of drug-likeness (QED) is 0.496. The van der Waals surface area contributed by atoms with Crippen LogP contribution in [-0.2, 0) is 4.74 Å². The molecule has 0 aliphatic carbocycles. The zero-order chi connectivity index (χ0) is 10.1. The van der Waals surface area contributed by atoms with E-state index in [0.717, 1.165) is 11.3 Å². The predicted octanol–water partition coefficient (Wildman–Crippen LogP) is 2.17. The van der Waals surface area contributed by atoms with Crippen molar-refractivity contribution in [1.29, 1.82) is 0 Å². The Balaban J connectivity index is 2.69. The Kier molecular flexibility index (Phi) is 2.45. The number of nitrogens with two attached hydrogens (primary N) is 1. The average Bonchev–Trinajstić information content (AvgIpc) is 2.00. The van der Waals surface area contributed by atoms with Crippen LogP contribution in [0.25, 0.3) is 0 Å². The Morgan fingerprint density at radius 3 is 2.46 bits per heavy atom. The van der Waals surface area contributed by atoms with Crippen molar-refractivity contribution in [2.75, 3.05) is 0 Å². The number of nitrogens with zero attached hydrogens (tertiary/aromatic N) is 1. The minimum Gasteiger partial charge on any atom is -0.463 e. The molecule has 0 amide bonds. The van der Waals surface area contributed by atoms with Gasteiger partial charge in [0.15, 0.2) is 5.76 Å². The Hall–Kier alpha value is -1.25. The zero-order valence-electron chi connectivity index (χ0n) is 8.59. The molecule has 3 nitrogen and oxygen atoms in total. The molecule has 1 aliphatic rings. The number of allylic oxidation sites excluding steroid dienone is 1. The van der Waals surface area contributed by atoms with E-state index in [1.807, 2.05) is 27.7 Å². The summed E-state index contributed by atoms with van der Waals surface area (Å²) in [6.07, 6.45) is 3.35. The Morgan fingerprint density at radius 1 is 1.54 bits per heavy atom. The second-order valence-electron chi connectivity index (χ2n) is 4.18. The van der Waals surface area contributed by atoms with Gasteiger partial charge in [-0.3, -0.25) is 0 Å². The molecule has 1 aliphatic heterocycles. The van der Waals surface area contributed by atoms with Crippen LogP contribution < -0.4 is 5.73 Å². The number of amidine groups is 1. The van der Waals surface area contributed by atoms with Crippen LogP contribution in [0.2, 0.25) is 0 Å². The van der Waals surface area contributed by atoms with Gasteiger partial charge in [-0.1, -0.05) is 20.8 Å². The highest BCUT2D eigenvalue weighted by molar-refractivity contribution is 5.85. The lowest BCUT2D eigenvalue weighted by Gasteiger charge is -2.18. The first-order chi connectivity index (χ1) is 5.91.